The van der Waals surface area contributed by atoms with Gasteiger partial charge in [-0.15, -0.1) is 0 Å². The zero-order valence-electron chi connectivity index (χ0n) is 34.7. The first kappa shape index (κ1) is 53.9. The molecule has 0 amide bonds. The number of aliphatic hydroxyl groups excluding tert-OH is 4. The quantitative estimate of drug-likeness (QED) is 0.0131. The summed E-state index contributed by atoms with van der Waals surface area (Å²) in [6, 6.07) is 0. The third-order valence-electron chi connectivity index (χ3n) is 9.22. The first-order valence-electron chi connectivity index (χ1n) is 21.2. The van der Waals surface area contributed by atoms with Gasteiger partial charge in [0.05, 0.1) is 32.0 Å². The molecule has 0 radical (unpaired) electrons. The Morgan fingerprint density at radius 3 is 1.88 bits per heavy atom. The van der Waals surface area contributed by atoms with E-state index in [1.54, 1.807) is 36.5 Å². The average Bonchev–Trinajstić information content (AvgIpc) is 3.17. The molecule has 0 saturated carbocycles. The number of unbranched alkanes of at least 4 members (excludes halogenated alkanes) is 12. The van der Waals surface area contributed by atoms with Gasteiger partial charge < -0.3 is 34.8 Å². The molecule has 326 valence electrons. The molecule has 0 rings (SSSR count). The molecule has 0 spiro atoms. The highest BCUT2D eigenvalue weighted by atomic mass is 31.2. The highest BCUT2D eigenvalue weighted by Gasteiger charge is 2.27. The Morgan fingerprint density at radius 1 is 0.661 bits per heavy atom. The first-order valence-corrected chi connectivity index (χ1v) is 22.7. The van der Waals surface area contributed by atoms with Gasteiger partial charge in [-0.1, -0.05) is 153 Å². The van der Waals surface area contributed by atoms with Crippen LogP contribution in [0, 0.1) is 5.92 Å². The number of phosphoric ester groups is 1. The van der Waals surface area contributed by atoms with E-state index in [2.05, 4.69) is 31.4 Å². The molecule has 56 heavy (non-hydrogen) atoms. The van der Waals surface area contributed by atoms with Crippen LogP contribution in [0.5, 0.6) is 0 Å². The molecule has 0 aromatic heterocycles. The van der Waals surface area contributed by atoms with Crippen molar-refractivity contribution >= 4 is 19.8 Å². The number of esters is 2. The predicted molar refractivity (Wildman–Crippen MR) is 222 cm³/mol. The fourth-order valence-electron chi connectivity index (χ4n) is 5.46. The fourth-order valence-corrected chi connectivity index (χ4v) is 6.25. The van der Waals surface area contributed by atoms with Crippen LogP contribution >= 0.6 is 7.82 Å². The topological polar surface area (TPSA) is 189 Å². The van der Waals surface area contributed by atoms with Crippen molar-refractivity contribution in [1.82, 2.24) is 0 Å². The highest BCUT2D eigenvalue weighted by Crippen LogP contribution is 2.43. The van der Waals surface area contributed by atoms with E-state index < -0.39 is 70.6 Å². The van der Waals surface area contributed by atoms with E-state index in [1.807, 2.05) is 6.08 Å². The lowest BCUT2D eigenvalue weighted by Gasteiger charge is -2.20. The van der Waals surface area contributed by atoms with Crippen LogP contribution in [0.25, 0.3) is 0 Å². The lowest BCUT2D eigenvalue weighted by atomic mass is 9.99. The Kier molecular flexibility index (Phi) is 35.7. The van der Waals surface area contributed by atoms with Crippen molar-refractivity contribution in [3.63, 3.8) is 0 Å². The van der Waals surface area contributed by atoms with Crippen LogP contribution in [0.3, 0.4) is 0 Å². The molecule has 0 saturated heterocycles. The van der Waals surface area contributed by atoms with Gasteiger partial charge in [-0.05, 0) is 44.4 Å². The van der Waals surface area contributed by atoms with E-state index in [0.29, 0.717) is 12.8 Å². The highest BCUT2D eigenvalue weighted by molar-refractivity contribution is 7.47. The van der Waals surface area contributed by atoms with Crippen LogP contribution in [0.2, 0.25) is 0 Å². The molecule has 12 nitrogen and oxygen atoms in total. The van der Waals surface area contributed by atoms with Crippen LogP contribution in [-0.4, -0.2) is 88.1 Å². The van der Waals surface area contributed by atoms with Crippen molar-refractivity contribution in [2.24, 2.45) is 5.92 Å². The molecule has 0 aromatic rings. The predicted octanol–water partition coefficient (Wildman–Crippen LogP) is 8.74. The smallest absolute Gasteiger partial charge is 0.462 e. The summed E-state index contributed by atoms with van der Waals surface area (Å²) in [5, 5.41) is 38.6. The van der Waals surface area contributed by atoms with Crippen molar-refractivity contribution in [1.29, 1.82) is 0 Å². The number of allylic oxidation sites excluding steroid dienone is 5. The third kappa shape index (κ3) is 36.2. The number of ether oxygens (including phenoxy) is 2. The second-order valence-corrected chi connectivity index (χ2v) is 16.1. The minimum Gasteiger partial charge on any atom is -0.462 e. The summed E-state index contributed by atoms with van der Waals surface area (Å²) < 4.78 is 32.5. The molecule has 0 aliphatic rings. The lowest BCUT2D eigenvalue weighted by Crippen LogP contribution is -2.30. The van der Waals surface area contributed by atoms with E-state index in [-0.39, 0.29) is 25.7 Å². The van der Waals surface area contributed by atoms with Crippen LogP contribution in [0.15, 0.2) is 48.6 Å². The number of carbonyl (C=O) groups excluding carboxylic acids is 2. The molecule has 5 N–H and O–H groups in total. The molecule has 6 atom stereocenters. The van der Waals surface area contributed by atoms with Gasteiger partial charge in [0.15, 0.2) is 6.10 Å². The summed E-state index contributed by atoms with van der Waals surface area (Å²) >= 11 is 0. The summed E-state index contributed by atoms with van der Waals surface area (Å²) in [7, 11) is -4.69. The van der Waals surface area contributed by atoms with E-state index in [9.17, 15) is 34.4 Å². The Hall–Kier alpha value is -2.15. The van der Waals surface area contributed by atoms with Gasteiger partial charge in [0.1, 0.15) is 12.7 Å². The zero-order valence-corrected chi connectivity index (χ0v) is 35.6. The number of rotatable bonds is 38. The van der Waals surface area contributed by atoms with Crippen molar-refractivity contribution in [2.45, 2.75) is 180 Å². The molecular formula is C43H77O12P. The Morgan fingerprint density at radius 2 is 1.25 bits per heavy atom. The van der Waals surface area contributed by atoms with Gasteiger partial charge in [0, 0.05) is 12.8 Å². The summed E-state index contributed by atoms with van der Waals surface area (Å²) in [5.41, 5.74) is 0. The average molecular weight is 817 g/mol. The SMILES string of the molecule is CCCCC/C=C\C[C@H](O)/C=C/C=C/C=C\[C@H](O)CCCC(=O)O[C@H](COC(=O)CCCCCCCCCCCCC(C)CC)COP(=O)(O)OC[C@@H](O)CO. The Bertz CT molecular complexity index is 1120. The largest absolute Gasteiger partial charge is 0.472 e. The third-order valence-corrected chi connectivity index (χ3v) is 10.2. The van der Waals surface area contributed by atoms with Gasteiger partial charge in [-0.25, -0.2) is 4.57 Å². The molecule has 13 heteroatoms. The number of aliphatic hydroxyl groups is 4. The fraction of sp³-hybridized carbons (Fsp3) is 0.767. The van der Waals surface area contributed by atoms with E-state index >= 15 is 0 Å². The molecule has 0 bridgehead atoms. The second-order valence-electron chi connectivity index (χ2n) is 14.7. The van der Waals surface area contributed by atoms with Gasteiger partial charge in [0.2, 0.25) is 0 Å². The lowest BCUT2D eigenvalue weighted by molar-refractivity contribution is -0.161. The maximum Gasteiger partial charge on any atom is 0.472 e. The number of phosphoric acid groups is 1. The van der Waals surface area contributed by atoms with Crippen molar-refractivity contribution in [2.75, 3.05) is 26.4 Å². The first-order chi connectivity index (χ1) is 26.9. The van der Waals surface area contributed by atoms with Crippen LogP contribution < -0.4 is 0 Å². The molecule has 0 heterocycles. The molecule has 2 unspecified atom stereocenters. The van der Waals surface area contributed by atoms with Gasteiger partial charge >= 0.3 is 19.8 Å². The Labute approximate surface area is 338 Å². The minimum atomic E-state index is -4.69. The molecule has 0 fully saturated rings. The summed E-state index contributed by atoms with van der Waals surface area (Å²) in [6.45, 7) is 4.35. The molecule has 0 aromatic carbocycles. The molecular weight excluding hydrogens is 739 g/mol. The van der Waals surface area contributed by atoms with Crippen LogP contribution in [0.4, 0.5) is 0 Å². The maximum absolute atomic E-state index is 12.6. The maximum atomic E-state index is 12.6. The van der Waals surface area contributed by atoms with Crippen LogP contribution in [-0.2, 0) is 32.7 Å². The Balaban J connectivity index is 4.60. The second kappa shape index (κ2) is 37.1. The van der Waals surface area contributed by atoms with Crippen molar-refractivity contribution < 1.29 is 58.0 Å². The van der Waals surface area contributed by atoms with E-state index in [0.717, 1.165) is 38.0 Å². The monoisotopic (exact) mass is 817 g/mol. The number of hydrogen-bond donors (Lipinski definition) is 5. The van der Waals surface area contributed by atoms with Crippen molar-refractivity contribution in [3.8, 4) is 0 Å². The van der Waals surface area contributed by atoms with Crippen LogP contribution in [0.1, 0.15) is 156 Å². The van der Waals surface area contributed by atoms with E-state index in [1.165, 1.54) is 64.2 Å². The van der Waals surface area contributed by atoms with Gasteiger partial charge in [-0.2, -0.15) is 0 Å². The van der Waals surface area contributed by atoms with E-state index in [4.69, 9.17) is 19.1 Å². The summed E-state index contributed by atoms with van der Waals surface area (Å²) in [4.78, 5) is 35.0. The summed E-state index contributed by atoms with van der Waals surface area (Å²) in [6.07, 6.45) is 29.9. The van der Waals surface area contributed by atoms with Gasteiger partial charge in [0.25, 0.3) is 0 Å². The normalized spacial score (nSPS) is 16.1. The zero-order chi connectivity index (χ0) is 41.7. The number of carbonyl (C=O) groups is 2. The standard InChI is InChI=1S/C43H77O12P/c1-4-6-7-8-16-21-27-38(45)28-22-18-19-23-29-39(46)30-25-32-43(49)55-41(36-54-56(50,51)53-34-40(47)33-44)35-52-42(48)31-24-17-14-12-10-9-11-13-15-20-26-37(3)5-2/h16,18-19,21-23,28-29,37-41,44-47H,4-15,17,20,24-27,30-36H2,1-3H3,(H,50,51)/b19-18+,21-16-,28-22+,29-23-/t37?,38-,39-,40-,41+/m0/s1. The number of hydrogen-bond acceptors (Lipinski definition) is 11. The minimum absolute atomic E-state index is 0.0763. The molecule has 0 aliphatic carbocycles. The van der Waals surface area contributed by atoms with Gasteiger partial charge in [-0.3, -0.25) is 18.6 Å². The van der Waals surface area contributed by atoms with Crippen molar-refractivity contribution in [3.05, 3.63) is 48.6 Å². The molecule has 0 aliphatic heterocycles. The summed E-state index contributed by atoms with van der Waals surface area (Å²) in [5.74, 6) is -0.342.